The second kappa shape index (κ2) is 4.65. The summed E-state index contributed by atoms with van der Waals surface area (Å²) in [4.78, 5) is 22.5. The van der Waals surface area contributed by atoms with Gasteiger partial charge in [-0.05, 0) is 5.56 Å². The minimum absolute atomic E-state index is 0.0642. The highest BCUT2D eigenvalue weighted by atomic mass is 16.4. The van der Waals surface area contributed by atoms with E-state index in [0.29, 0.717) is 5.56 Å². The number of H-pyrrole nitrogens is 1. The summed E-state index contributed by atoms with van der Waals surface area (Å²) in [6, 6.07) is 8.80. The molecule has 1 unspecified atom stereocenters. The van der Waals surface area contributed by atoms with Gasteiger partial charge in [-0.15, -0.1) is 0 Å². The Morgan fingerprint density at radius 3 is 2.65 bits per heavy atom. The third kappa shape index (κ3) is 2.41. The molecule has 2 aromatic rings. The van der Waals surface area contributed by atoms with E-state index in [4.69, 9.17) is 0 Å². The number of rotatable bonds is 4. The van der Waals surface area contributed by atoms with Crippen LogP contribution < -0.4 is 5.69 Å². The monoisotopic (exact) mass is 233 g/mol. The van der Waals surface area contributed by atoms with Crippen molar-refractivity contribution in [3.63, 3.8) is 0 Å². The molecular weight excluding hydrogens is 222 g/mol. The van der Waals surface area contributed by atoms with Crippen molar-refractivity contribution < 1.29 is 9.90 Å². The van der Waals surface area contributed by atoms with Crippen molar-refractivity contribution in [1.82, 2.24) is 14.8 Å². The molecule has 2 rings (SSSR count). The highest BCUT2D eigenvalue weighted by molar-refractivity contribution is 5.75. The highest BCUT2D eigenvalue weighted by Crippen LogP contribution is 2.17. The molecule has 1 aromatic carbocycles. The zero-order chi connectivity index (χ0) is 12.3. The van der Waals surface area contributed by atoms with Crippen LogP contribution in [0.2, 0.25) is 0 Å². The molecule has 0 saturated carbocycles. The summed E-state index contributed by atoms with van der Waals surface area (Å²) in [5, 5.41) is 15.0. The minimum Gasteiger partial charge on any atom is -0.481 e. The predicted octanol–water partition coefficient (Wildman–Crippen LogP) is 0.440. The summed E-state index contributed by atoms with van der Waals surface area (Å²) in [7, 11) is 0. The summed E-state index contributed by atoms with van der Waals surface area (Å²) in [6.07, 6.45) is 1.29. The van der Waals surface area contributed by atoms with Gasteiger partial charge in [-0.25, -0.2) is 9.89 Å². The number of nitrogens with one attached hydrogen (secondary N) is 1. The fourth-order valence-electron chi connectivity index (χ4n) is 1.61. The number of hydrogen-bond donors (Lipinski definition) is 2. The molecule has 0 amide bonds. The van der Waals surface area contributed by atoms with E-state index in [1.54, 1.807) is 24.3 Å². The molecule has 17 heavy (non-hydrogen) atoms. The van der Waals surface area contributed by atoms with Gasteiger partial charge in [0.05, 0.1) is 5.92 Å². The summed E-state index contributed by atoms with van der Waals surface area (Å²) < 4.78 is 1.24. The van der Waals surface area contributed by atoms with Gasteiger partial charge in [0.1, 0.15) is 6.33 Å². The first-order valence-corrected chi connectivity index (χ1v) is 5.06. The van der Waals surface area contributed by atoms with E-state index < -0.39 is 17.6 Å². The second-order valence-electron chi connectivity index (χ2n) is 3.62. The second-order valence-corrected chi connectivity index (χ2v) is 3.62. The standard InChI is InChI=1S/C11H11N3O3/c15-10(16)9(8-4-2-1-3-5-8)6-14-7-12-13-11(14)17/h1-5,7,9H,6H2,(H,13,17)(H,15,16). The van der Waals surface area contributed by atoms with Gasteiger partial charge in [0.15, 0.2) is 0 Å². The van der Waals surface area contributed by atoms with Crippen LogP contribution in [0.1, 0.15) is 11.5 Å². The number of carbonyl (C=O) groups is 1. The Morgan fingerprint density at radius 1 is 1.41 bits per heavy atom. The Kier molecular flexibility index (Phi) is 3.04. The van der Waals surface area contributed by atoms with Crippen molar-refractivity contribution in [3.05, 3.63) is 52.7 Å². The topological polar surface area (TPSA) is 88.0 Å². The molecule has 6 heteroatoms. The van der Waals surface area contributed by atoms with Gasteiger partial charge in [-0.1, -0.05) is 30.3 Å². The van der Waals surface area contributed by atoms with Crippen molar-refractivity contribution in [3.8, 4) is 0 Å². The lowest BCUT2D eigenvalue weighted by Crippen LogP contribution is -2.24. The Bertz CT molecular complexity index is 559. The van der Waals surface area contributed by atoms with Crippen LogP contribution >= 0.6 is 0 Å². The SMILES string of the molecule is O=C(O)C(Cn1cn[nH]c1=O)c1ccccc1. The Balaban J connectivity index is 2.29. The largest absolute Gasteiger partial charge is 0.481 e. The average molecular weight is 233 g/mol. The van der Waals surface area contributed by atoms with Crippen LogP contribution in [0, 0.1) is 0 Å². The minimum atomic E-state index is -0.968. The molecule has 88 valence electrons. The van der Waals surface area contributed by atoms with Gasteiger partial charge >= 0.3 is 11.7 Å². The Morgan fingerprint density at radius 2 is 2.12 bits per heavy atom. The van der Waals surface area contributed by atoms with Crippen LogP contribution in [0.3, 0.4) is 0 Å². The average Bonchev–Trinajstić information content (AvgIpc) is 2.72. The van der Waals surface area contributed by atoms with E-state index in [0.717, 1.165) is 0 Å². The van der Waals surface area contributed by atoms with Gasteiger partial charge in [-0.2, -0.15) is 5.10 Å². The zero-order valence-electron chi connectivity index (χ0n) is 8.91. The fraction of sp³-hybridized carbons (Fsp3) is 0.182. The van der Waals surface area contributed by atoms with Crippen LogP contribution in [-0.4, -0.2) is 25.8 Å². The number of nitrogens with zero attached hydrogens (tertiary/aromatic N) is 2. The molecule has 0 bridgehead atoms. The Hall–Kier alpha value is -2.37. The first kappa shape index (κ1) is 11.1. The summed E-state index contributed by atoms with van der Waals surface area (Å²) in [6.45, 7) is 0.0642. The quantitative estimate of drug-likeness (QED) is 0.802. The first-order valence-electron chi connectivity index (χ1n) is 5.06. The van der Waals surface area contributed by atoms with E-state index in [1.165, 1.54) is 10.9 Å². The van der Waals surface area contributed by atoms with Gasteiger partial charge in [0.2, 0.25) is 0 Å². The number of carboxylic acids is 1. The third-order valence-electron chi connectivity index (χ3n) is 2.50. The van der Waals surface area contributed by atoms with Crippen molar-refractivity contribution in [2.45, 2.75) is 12.5 Å². The molecule has 0 aliphatic rings. The highest BCUT2D eigenvalue weighted by Gasteiger charge is 2.20. The lowest BCUT2D eigenvalue weighted by atomic mass is 9.99. The molecule has 6 nitrogen and oxygen atoms in total. The molecular formula is C11H11N3O3. The summed E-state index contributed by atoms with van der Waals surface area (Å²) >= 11 is 0. The maximum Gasteiger partial charge on any atom is 0.343 e. The molecule has 0 radical (unpaired) electrons. The molecule has 1 heterocycles. The fourth-order valence-corrected chi connectivity index (χ4v) is 1.61. The van der Waals surface area contributed by atoms with Gasteiger partial charge in [0, 0.05) is 6.54 Å². The number of hydrogen-bond acceptors (Lipinski definition) is 3. The number of carboxylic acid groups (broad SMARTS) is 1. The molecule has 0 aliphatic heterocycles. The van der Waals surface area contributed by atoms with Crippen LogP contribution in [0.25, 0.3) is 0 Å². The molecule has 1 aromatic heterocycles. The van der Waals surface area contributed by atoms with E-state index in [2.05, 4.69) is 10.2 Å². The van der Waals surface area contributed by atoms with E-state index in [1.807, 2.05) is 6.07 Å². The van der Waals surface area contributed by atoms with Gasteiger partial charge in [-0.3, -0.25) is 9.36 Å². The first-order chi connectivity index (χ1) is 8.18. The molecule has 1 atom stereocenters. The van der Waals surface area contributed by atoms with Crippen molar-refractivity contribution in [1.29, 1.82) is 0 Å². The van der Waals surface area contributed by atoms with Gasteiger partial charge in [0.25, 0.3) is 0 Å². The van der Waals surface area contributed by atoms with Crippen LogP contribution in [0.15, 0.2) is 41.5 Å². The number of aromatic amines is 1. The zero-order valence-corrected chi connectivity index (χ0v) is 8.91. The lowest BCUT2D eigenvalue weighted by molar-refractivity contribution is -0.139. The van der Waals surface area contributed by atoms with Gasteiger partial charge < -0.3 is 5.11 Å². The van der Waals surface area contributed by atoms with E-state index in [-0.39, 0.29) is 6.54 Å². The summed E-state index contributed by atoms with van der Waals surface area (Å²) in [5.74, 6) is -1.73. The van der Waals surface area contributed by atoms with Crippen molar-refractivity contribution in [2.75, 3.05) is 0 Å². The maximum absolute atomic E-state index is 11.3. The molecule has 2 N–H and O–H groups in total. The number of benzene rings is 1. The van der Waals surface area contributed by atoms with E-state index >= 15 is 0 Å². The number of aromatic nitrogens is 3. The van der Waals surface area contributed by atoms with E-state index in [9.17, 15) is 14.7 Å². The predicted molar refractivity (Wildman–Crippen MR) is 59.7 cm³/mol. The molecule has 0 fully saturated rings. The van der Waals surface area contributed by atoms with Crippen molar-refractivity contribution >= 4 is 5.97 Å². The smallest absolute Gasteiger partial charge is 0.343 e. The molecule has 0 aliphatic carbocycles. The Labute approximate surface area is 96.5 Å². The third-order valence-corrected chi connectivity index (χ3v) is 2.50. The maximum atomic E-state index is 11.3. The van der Waals surface area contributed by atoms with Crippen LogP contribution in [-0.2, 0) is 11.3 Å². The molecule has 0 saturated heterocycles. The molecule has 0 spiro atoms. The lowest BCUT2D eigenvalue weighted by Gasteiger charge is -2.12. The normalized spacial score (nSPS) is 12.2. The van der Waals surface area contributed by atoms with Crippen LogP contribution in [0.4, 0.5) is 0 Å². The summed E-state index contributed by atoms with van der Waals surface area (Å²) in [5.41, 5.74) is 0.250. The number of aliphatic carboxylic acids is 1. The van der Waals surface area contributed by atoms with Crippen molar-refractivity contribution in [2.24, 2.45) is 0 Å². The van der Waals surface area contributed by atoms with Crippen LogP contribution in [0.5, 0.6) is 0 Å².